The molecule has 0 spiro atoms. The highest BCUT2D eigenvalue weighted by Crippen LogP contribution is 2.46. The van der Waals surface area contributed by atoms with Crippen molar-refractivity contribution in [2.75, 3.05) is 10.6 Å². The fraction of sp³-hybridized carbons (Fsp3) is 0.381. The fourth-order valence-electron chi connectivity index (χ4n) is 3.88. The van der Waals surface area contributed by atoms with Gasteiger partial charge in [0.05, 0.1) is 17.4 Å². The summed E-state index contributed by atoms with van der Waals surface area (Å²) in [5.74, 6) is 0.255. The quantitative estimate of drug-likeness (QED) is 0.703. The number of hydrogen-bond donors (Lipinski definition) is 2. The first-order valence-corrected chi connectivity index (χ1v) is 9.66. The number of rotatable bonds is 1. The lowest BCUT2D eigenvalue weighted by Gasteiger charge is -2.33. The van der Waals surface area contributed by atoms with E-state index >= 15 is 0 Å². The summed E-state index contributed by atoms with van der Waals surface area (Å²) >= 11 is 1.70. The Labute approximate surface area is 153 Å². The molecule has 1 aliphatic heterocycles. The Hall–Kier alpha value is -2.07. The molecule has 0 saturated carbocycles. The van der Waals surface area contributed by atoms with Crippen LogP contribution in [0.1, 0.15) is 48.7 Å². The molecule has 3 nitrogen and oxygen atoms in total. The summed E-state index contributed by atoms with van der Waals surface area (Å²) in [6, 6.07) is 8.47. The van der Waals surface area contributed by atoms with E-state index in [2.05, 4.69) is 68.0 Å². The number of aryl methyl sites for hydroxylation is 2. The van der Waals surface area contributed by atoms with Crippen molar-refractivity contribution < 1.29 is 4.79 Å². The van der Waals surface area contributed by atoms with Gasteiger partial charge < -0.3 is 10.6 Å². The first-order chi connectivity index (χ1) is 11.8. The van der Waals surface area contributed by atoms with E-state index < -0.39 is 0 Å². The highest BCUT2D eigenvalue weighted by molar-refractivity contribution is 7.10. The van der Waals surface area contributed by atoms with Gasteiger partial charge >= 0.3 is 0 Å². The van der Waals surface area contributed by atoms with Crippen molar-refractivity contribution in [2.24, 2.45) is 5.41 Å². The number of Topliss-reactive ketones (excluding diaryl/α,β-unsaturated/α-hetero) is 1. The summed E-state index contributed by atoms with van der Waals surface area (Å²) in [5, 5.41) is 9.34. The molecule has 0 fully saturated rings. The molecule has 2 N–H and O–H groups in total. The maximum atomic E-state index is 13.1. The number of ketones is 1. The maximum absolute atomic E-state index is 13.1. The van der Waals surface area contributed by atoms with E-state index in [0.717, 1.165) is 29.1 Å². The van der Waals surface area contributed by atoms with E-state index in [4.69, 9.17) is 0 Å². The summed E-state index contributed by atoms with van der Waals surface area (Å²) in [5.41, 5.74) is 6.63. The van der Waals surface area contributed by atoms with Crippen molar-refractivity contribution in [2.45, 2.75) is 46.6 Å². The van der Waals surface area contributed by atoms with Crippen molar-refractivity contribution >= 4 is 28.5 Å². The summed E-state index contributed by atoms with van der Waals surface area (Å²) < 4.78 is 0. The molecule has 0 unspecified atom stereocenters. The largest absolute Gasteiger partial charge is 0.372 e. The second-order valence-corrected chi connectivity index (χ2v) is 9.01. The van der Waals surface area contributed by atoms with Gasteiger partial charge in [-0.1, -0.05) is 19.9 Å². The number of fused-ring (bicyclic) bond motifs is 1. The highest BCUT2D eigenvalue weighted by Gasteiger charge is 2.39. The second-order valence-electron chi connectivity index (χ2n) is 8.03. The Balaban J connectivity index is 1.90. The van der Waals surface area contributed by atoms with Gasteiger partial charge in [-0.2, -0.15) is 0 Å². The van der Waals surface area contributed by atoms with Gasteiger partial charge in [-0.3, -0.25) is 4.79 Å². The van der Waals surface area contributed by atoms with Crippen LogP contribution < -0.4 is 10.6 Å². The van der Waals surface area contributed by atoms with Crippen molar-refractivity contribution in [1.29, 1.82) is 0 Å². The Morgan fingerprint density at radius 2 is 1.84 bits per heavy atom. The highest BCUT2D eigenvalue weighted by atomic mass is 32.1. The van der Waals surface area contributed by atoms with Crippen LogP contribution in [0.2, 0.25) is 0 Å². The smallest absolute Gasteiger partial charge is 0.163 e. The predicted octanol–water partition coefficient (Wildman–Crippen LogP) is 5.59. The third-order valence-electron chi connectivity index (χ3n) is 5.26. The second kappa shape index (κ2) is 5.73. The topological polar surface area (TPSA) is 41.1 Å². The van der Waals surface area contributed by atoms with Crippen molar-refractivity contribution in [3.05, 3.63) is 56.9 Å². The molecular formula is C21H24N2OS. The van der Waals surface area contributed by atoms with E-state index in [1.165, 1.54) is 16.0 Å². The first-order valence-electron chi connectivity index (χ1n) is 8.78. The van der Waals surface area contributed by atoms with Crippen LogP contribution in [-0.4, -0.2) is 5.78 Å². The molecular weight excluding hydrogens is 328 g/mol. The molecule has 130 valence electrons. The number of thiophene rings is 1. The van der Waals surface area contributed by atoms with Crippen LogP contribution in [0.15, 0.2) is 40.9 Å². The van der Waals surface area contributed by atoms with Gasteiger partial charge in [0.15, 0.2) is 5.78 Å². The van der Waals surface area contributed by atoms with Crippen LogP contribution in [-0.2, 0) is 4.79 Å². The van der Waals surface area contributed by atoms with E-state index in [1.807, 2.05) is 0 Å². The molecule has 2 heterocycles. The number of benzene rings is 1. The van der Waals surface area contributed by atoms with Gasteiger partial charge in [0.2, 0.25) is 0 Å². The van der Waals surface area contributed by atoms with E-state index in [-0.39, 0.29) is 17.2 Å². The molecule has 2 aliphatic rings. The Morgan fingerprint density at radius 1 is 1.12 bits per heavy atom. The van der Waals surface area contributed by atoms with Gasteiger partial charge in [-0.05, 0) is 60.4 Å². The number of anilines is 2. The summed E-state index contributed by atoms with van der Waals surface area (Å²) in [7, 11) is 0. The average molecular weight is 353 g/mol. The SMILES string of the molecule is Cc1cc2c(cc1C)N[C@H](c1cccs1)C1=C(CC(C)(C)CC1=O)N2. The fourth-order valence-corrected chi connectivity index (χ4v) is 4.66. The Morgan fingerprint density at radius 3 is 2.52 bits per heavy atom. The van der Waals surface area contributed by atoms with Crippen LogP contribution in [0.5, 0.6) is 0 Å². The van der Waals surface area contributed by atoms with Crippen LogP contribution in [0.3, 0.4) is 0 Å². The van der Waals surface area contributed by atoms with Crippen LogP contribution >= 0.6 is 11.3 Å². The third-order valence-corrected chi connectivity index (χ3v) is 6.19. The molecule has 1 atom stereocenters. The van der Waals surface area contributed by atoms with E-state index in [0.29, 0.717) is 6.42 Å². The lowest BCUT2D eigenvalue weighted by molar-refractivity contribution is -0.118. The Bertz CT molecular complexity index is 878. The lowest BCUT2D eigenvalue weighted by Crippen LogP contribution is -2.31. The number of hydrogen-bond acceptors (Lipinski definition) is 4. The molecule has 0 amide bonds. The molecule has 25 heavy (non-hydrogen) atoms. The number of nitrogens with one attached hydrogen (secondary N) is 2. The minimum Gasteiger partial charge on any atom is -0.372 e. The molecule has 4 rings (SSSR count). The molecule has 1 aromatic carbocycles. The third kappa shape index (κ3) is 2.89. The number of carbonyl (C=O) groups excluding carboxylic acids is 1. The molecule has 0 bridgehead atoms. The van der Waals surface area contributed by atoms with Gasteiger partial charge in [0.1, 0.15) is 0 Å². The summed E-state index contributed by atoms with van der Waals surface area (Å²) in [6.07, 6.45) is 1.50. The van der Waals surface area contributed by atoms with E-state index in [1.54, 1.807) is 11.3 Å². The maximum Gasteiger partial charge on any atom is 0.163 e. The van der Waals surface area contributed by atoms with Crippen molar-refractivity contribution in [3.8, 4) is 0 Å². The molecule has 0 radical (unpaired) electrons. The van der Waals surface area contributed by atoms with Gasteiger partial charge in [-0.15, -0.1) is 11.3 Å². The monoisotopic (exact) mass is 352 g/mol. The molecule has 4 heteroatoms. The van der Waals surface area contributed by atoms with Crippen LogP contribution in [0.25, 0.3) is 0 Å². The lowest BCUT2D eigenvalue weighted by atomic mass is 9.74. The van der Waals surface area contributed by atoms with E-state index in [9.17, 15) is 4.79 Å². The van der Waals surface area contributed by atoms with Crippen molar-refractivity contribution in [1.82, 2.24) is 0 Å². The zero-order valence-corrected chi connectivity index (χ0v) is 16.0. The predicted molar refractivity (Wildman–Crippen MR) is 105 cm³/mol. The van der Waals surface area contributed by atoms with Gasteiger partial charge in [0.25, 0.3) is 0 Å². The Kier molecular flexibility index (Phi) is 3.76. The first kappa shape index (κ1) is 16.4. The zero-order chi connectivity index (χ0) is 17.8. The summed E-state index contributed by atoms with van der Waals surface area (Å²) in [6.45, 7) is 8.61. The minimum atomic E-state index is -0.0746. The normalized spacial score (nSPS) is 21.8. The minimum absolute atomic E-state index is 0.00678. The van der Waals surface area contributed by atoms with Gasteiger partial charge in [0, 0.05) is 22.6 Å². The molecule has 0 saturated heterocycles. The number of allylic oxidation sites excluding steroid dienone is 1. The van der Waals surface area contributed by atoms with Crippen LogP contribution in [0.4, 0.5) is 11.4 Å². The number of carbonyl (C=O) groups is 1. The molecule has 1 aliphatic carbocycles. The van der Waals surface area contributed by atoms with Crippen LogP contribution in [0, 0.1) is 19.3 Å². The van der Waals surface area contributed by atoms with Crippen molar-refractivity contribution in [3.63, 3.8) is 0 Å². The zero-order valence-electron chi connectivity index (χ0n) is 15.2. The molecule has 1 aromatic heterocycles. The standard InChI is InChI=1S/C21H24N2OS/c1-12-8-14-15(9-13(12)2)23-20(18-6-5-7-25-18)19-16(22-14)10-21(3,4)11-17(19)24/h5-9,20,22-23H,10-11H2,1-4H3/t20-/m1/s1. The van der Waals surface area contributed by atoms with Gasteiger partial charge in [-0.25, -0.2) is 0 Å². The summed E-state index contributed by atoms with van der Waals surface area (Å²) in [4.78, 5) is 14.2. The molecule has 2 aromatic rings. The average Bonchev–Trinajstić information content (AvgIpc) is 2.98.